The Bertz CT molecular complexity index is 243. The molecule has 2 atom stereocenters. The van der Waals surface area contributed by atoms with Crippen molar-refractivity contribution in [2.45, 2.75) is 38.6 Å². The molecular weight excluding hydrogens is 214 g/mol. The highest BCUT2D eigenvalue weighted by atomic mass is 16.2. The van der Waals surface area contributed by atoms with Gasteiger partial charge in [0.1, 0.15) is 0 Å². The maximum Gasteiger partial charge on any atom is 0.234 e. The second kappa shape index (κ2) is 6.36. The number of carbonyl (C=O) groups excluding carboxylic acids is 1. The van der Waals surface area contributed by atoms with Crippen LogP contribution in [0.15, 0.2) is 0 Å². The van der Waals surface area contributed by atoms with E-state index in [1.54, 1.807) is 0 Å². The predicted octanol–water partition coefficient (Wildman–Crippen LogP) is 0.587. The van der Waals surface area contributed by atoms with Crippen molar-refractivity contribution < 1.29 is 4.79 Å². The molecule has 0 radical (unpaired) electrons. The molecule has 2 aliphatic rings. The molecule has 0 aromatic carbocycles. The quantitative estimate of drug-likeness (QED) is 0.690. The number of hydrogen-bond donors (Lipinski definition) is 2. The summed E-state index contributed by atoms with van der Waals surface area (Å²) < 4.78 is 0. The highest BCUT2D eigenvalue weighted by molar-refractivity contribution is 5.78. The Morgan fingerprint density at radius 3 is 3.12 bits per heavy atom. The number of rotatable bonds is 5. The Balaban J connectivity index is 1.68. The molecule has 0 saturated carbocycles. The average molecular weight is 239 g/mol. The van der Waals surface area contributed by atoms with Crippen molar-refractivity contribution in [3.05, 3.63) is 0 Å². The van der Waals surface area contributed by atoms with Gasteiger partial charge in [0.2, 0.25) is 5.91 Å². The van der Waals surface area contributed by atoms with E-state index in [2.05, 4.69) is 22.5 Å². The van der Waals surface area contributed by atoms with Crippen LogP contribution in [0.1, 0.15) is 32.6 Å². The molecule has 1 amide bonds. The monoisotopic (exact) mass is 239 g/mol. The van der Waals surface area contributed by atoms with Crippen molar-refractivity contribution in [1.82, 2.24) is 15.5 Å². The van der Waals surface area contributed by atoms with E-state index in [1.165, 1.54) is 12.8 Å². The van der Waals surface area contributed by atoms with Gasteiger partial charge >= 0.3 is 0 Å². The summed E-state index contributed by atoms with van der Waals surface area (Å²) in [6.45, 7) is 6.85. The lowest BCUT2D eigenvalue weighted by Gasteiger charge is -2.24. The third kappa shape index (κ3) is 3.68. The molecule has 98 valence electrons. The number of carbonyl (C=O) groups is 1. The standard InChI is InChI=1S/C13H25N3O/c1-2-3-6-15-13(17)10-16-8-11-5-4-7-14-12(11)9-16/h11-12,14H,2-10H2,1H3,(H,15,17). The van der Waals surface area contributed by atoms with E-state index in [1.807, 2.05) is 0 Å². The van der Waals surface area contributed by atoms with Crippen molar-refractivity contribution in [2.75, 3.05) is 32.7 Å². The number of likely N-dealkylation sites (tertiary alicyclic amines) is 1. The molecule has 0 bridgehead atoms. The van der Waals surface area contributed by atoms with E-state index in [0.29, 0.717) is 12.6 Å². The van der Waals surface area contributed by atoms with Gasteiger partial charge in [0.15, 0.2) is 0 Å². The Morgan fingerprint density at radius 1 is 1.47 bits per heavy atom. The van der Waals surface area contributed by atoms with E-state index in [-0.39, 0.29) is 5.91 Å². The first-order chi connectivity index (χ1) is 8.29. The summed E-state index contributed by atoms with van der Waals surface area (Å²) in [7, 11) is 0. The van der Waals surface area contributed by atoms with Crippen molar-refractivity contribution in [3.63, 3.8) is 0 Å². The van der Waals surface area contributed by atoms with Gasteiger partial charge in [-0.2, -0.15) is 0 Å². The molecule has 2 heterocycles. The molecule has 0 aromatic heterocycles. The summed E-state index contributed by atoms with van der Waals surface area (Å²) in [5.41, 5.74) is 0. The van der Waals surface area contributed by atoms with Crippen LogP contribution in [0, 0.1) is 5.92 Å². The molecule has 4 heteroatoms. The molecule has 17 heavy (non-hydrogen) atoms. The van der Waals surface area contributed by atoms with Crippen LogP contribution in [0.2, 0.25) is 0 Å². The first-order valence-corrected chi connectivity index (χ1v) is 7.02. The maximum atomic E-state index is 11.7. The molecule has 2 aliphatic heterocycles. The molecule has 2 N–H and O–H groups in total. The first-order valence-electron chi connectivity index (χ1n) is 7.02. The smallest absolute Gasteiger partial charge is 0.234 e. The highest BCUT2D eigenvalue weighted by Gasteiger charge is 2.34. The van der Waals surface area contributed by atoms with Crippen molar-refractivity contribution in [1.29, 1.82) is 0 Å². The van der Waals surface area contributed by atoms with Crippen LogP contribution >= 0.6 is 0 Å². The summed E-state index contributed by atoms with van der Waals surface area (Å²) in [5, 5.41) is 6.55. The van der Waals surface area contributed by atoms with Crippen molar-refractivity contribution in [2.24, 2.45) is 5.92 Å². The zero-order chi connectivity index (χ0) is 12.1. The molecular formula is C13H25N3O. The number of fused-ring (bicyclic) bond motifs is 1. The van der Waals surface area contributed by atoms with Gasteiger partial charge in [-0.3, -0.25) is 9.69 Å². The normalized spacial score (nSPS) is 29.0. The lowest BCUT2D eigenvalue weighted by Crippen LogP contribution is -2.41. The topological polar surface area (TPSA) is 44.4 Å². The minimum atomic E-state index is 0.192. The summed E-state index contributed by atoms with van der Waals surface area (Å²) in [6, 6.07) is 0.632. The van der Waals surface area contributed by atoms with Crippen LogP contribution in [0.5, 0.6) is 0 Å². The van der Waals surface area contributed by atoms with Gasteiger partial charge in [-0.25, -0.2) is 0 Å². The van der Waals surface area contributed by atoms with Crippen LogP contribution < -0.4 is 10.6 Å². The lowest BCUT2D eigenvalue weighted by molar-refractivity contribution is -0.122. The van der Waals surface area contributed by atoms with Crippen LogP contribution in [0.25, 0.3) is 0 Å². The van der Waals surface area contributed by atoms with Gasteiger partial charge in [-0.15, -0.1) is 0 Å². The molecule has 2 saturated heterocycles. The van der Waals surface area contributed by atoms with Gasteiger partial charge in [0.05, 0.1) is 6.54 Å². The Morgan fingerprint density at radius 2 is 2.35 bits per heavy atom. The van der Waals surface area contributed by atoms with Crippen molar-refractivity contribution in [3.8, 4) is 0 Å². The Labute approximate surface area is 104 Å². The third-order valence-corrected chi connectivity index (χ3v) is 3.89. The van der Waals surface area contributed by atoms with Crippen LogP contribution in [-0.4, -0.2) is 49.6 Å². The Hall–Kier alpha value is -0.610. The number of nitrogens with one attached hydrogen (secondary N) is 2. The molecule has 2 unspecified atom stereocenters. The minimum Gasteiger partial charge on any atom is -0.355 e. The summed E-state index contributed by atoms with van der Waals surface area (Å²) in [4.78, 5) is 14.0. The Kier molecular flexibility index (Phi) is 4.80. The summed E-state index contributed by atoms with van der Waals surface area (Å²) >= 11 is 0. The summed E-state index contributed by atoms with van der Waals surface area (Å²) in [6.07, 6.45) is 4.83. The number of hydrogen-bond acceptors (Lipinski definition) is 3. The largest absolute Gasteiger partial charge is 0.355 e. The SMILES string of the molecule is CCCCNC(=O)CN1CC2CCCNC2C1. The zero-order valence-corrected chi connectivity index (χ0v) is 10.9. The van der Waals surface area contributed by atoms with E-state index in [4.69, 9.17) is 0 Å². The van der Waals surface area contributed by atoms with Gasteiger partial charge in [0.25, 0.3) is 0 Å². The van der Waals surface area contributed by atoms with Crippen LogP contribution in [0.3, 0.4) is 0 Å². The second-order valence-electron chi connectivity index (χ2n) is 5.36. The molecule has 0 aromatic rings. The van der Waals surface area contributed by atoms with Crippen LogP contribution in [0.4, 0.5) is 0 Å². The fourth-order valence-electron chi connectivity index (χ4n) is 2.93. The fourth-order valence-corrected chi connectivity index (χ4v) is 2.93. The van der Waals surface area contributed by atoms with E-state index in [9.17, 15) is 4.79 Å². The number of piperidine rings is 1. The minimum absolute atomic E-state index is 0.192. The van der Waals surface area contributed by atoms with Gasteiger partial charge in [0, 0.05) is 25.7 Å². The van der Waals surface area contributed by atoms with Gasteiger partial charge in [-0.1, -0.05) is 13.3 Å². The molecule has 4 nitrogen and oxygen atoms in total. The van der Waals surface area contributed by atoms with Crippen LogP contribution in [-0.2, 0) is 4.79 Å². The molecule has 0 aliphatic carbocycles. The summed E-state index contributed by atoms with van der Waals surface area (Å²) in [5.74, 6) is 0.962. The van der Waals surface area contributed by atoms with Gasteiger partial charge < -0.3 is 10.6 Å². The predicted molar refractivity (Wildman–Crippen MR) is 68.9 cm³/mol. The van der Waals surface area contributed by atoms with Gasteiger partial charge in [-0.05, 0) is 31.7 Å². The molecule has 2 fully saturated rings. The zero-order valence-electron chi connectivity index (χ0n) is 10.9. The first kappa shape index (κ1) is 12.8. The number of unbranched alkanes of at least 4 members (excludes halogenated alkanes) is 1. The second-order valence-corrected chi connectivity index (χ2v) is 5.36. The molecule has 0 spiro atoms. The third-order valence-electron chi connectivity index (χ3n) is 3.89. The highest BCUT2D eigenvalue weighted by Crippen LogP contribution is 2.24. The lowest BCUT2D eigenvalue weighted by atomic mass is 9.94. The van der Waals surface area contributed by atoms with E-state index in [0.717, 1.165) is 44.9 Å². The van der Waals surface area contributed by atoms with E-state index < -0.39 is 0 Å². The van der Waals surface area contributed by atoms with Crippen molar-refractivity contribution >= 4 is 5.91 Å². The van der Waals surface area contributed by atoms with E-state index >= 15 is 0 Å². The maximum absolute atomic E-state index is 11.7. The number of amides is 1. The number of nitrogens with zero attached hydrogens (tertiary/aromatic N) is 1. The average Bonchev–Trinajstić information content (AvgIpc) is 2.71. The molecule has 2 rings (SSSR count). The fraction of sp³-hybridized carbons (Fsp3) is 0.923.